The van der Waals surface area contributed by atoms with Crippen molar-refractivity contribution in [2.75, 3.05) is 12.4 Å². The molecule has 1 heterocycles. The lowest BCUT2D eigenvalue weighted by molar-refractivity contribution is -0.118. The second-order valence-corrected chi connectivity index (χ2v) is 4.99. The van der Waals surface area contributed by atoms with E-state index in [-0.39, 0.29) is 17.3 Å². The number of carbonyl (C=O) groups excluding carboxylic acids is 1. The highest BCUT2D eigenvalue weighted by Crippen LogP contribution is 2.26. The van der Waals surface area contributed by atoms with Crippen molar-refractivity contribution in [2.45, 2.75) is 4.90 Å². The predicted octanol–water partition coefficient (Wildman–Crippen LogP) is 0.422. The Hall–Kier alpha value is -1.36. The number of ketones is 1. The van der Waals surface area contributed by atoms with Crippen LogP contribution >= 0.6 is 0 Å². The topological polar surface area (TPSA) is 60.4 Å². The van der Waals surface area contributed by atoms with E-state index in [0.717, 1.165) is 0 Å². The third kappa shape index (κ3) is 1.50. The average molecular weight is 212 g/mol. The van der Waals surface area contributed by atoms with Gasteiger partial charge >= 0.3 is 0 Å². The van der Waals surface area contributed by atoms with Crippen molar-refractivity contribution in [1.82, 2.24) is 0 Å². The van der Waals surface area contributed by atoms with Crippen LogP contribution in [0, 0.1) is 0 Å². The van der Waals surface area contributed by atoms with Crippen molar-refractivity contribution in [2.24, 2.45) is 0 Å². The van der Waals surface area contributed by atoms with Gasteiger partial charge in [0.15, 0.2) is 15.6 Å². The molecule has 0 spiro atoms. The number of benzene rings is 1. The third-order valence-corrected chi connectivity index (χ3v) is 3.63. The number of fused-ring (bicyclic) bond motifs is 1. The average Bonchev–Trinajstić information content (AvgIpc) is 2.24. The first-order valence-electron chi connectivity index (χ1n) is 4.06. The first-order chi connectivity index (χ1) is 6.59. The minimum Gasteiger partial charge on any atom is -0.484 e. The molecule has 0 aliphatic carbocycles. The van der Waals surface area contributed by atoms with Gasteiger partial charge in [-0.05, 0) is 12.1 Å². The van der Waals surface area contributed by atoms with Crippen LogP contribution in [0.2, 0.25) is 0 Å². The van der Waals surface area contributed by atoms with E-state index in [1.807, 2.05) is 0 Å². The quantitative estimate of drug-likeness (QED) is 0.625. The van der Waals surface area contributed by atoms with Crippen LogP contribution in [0.3, 0.4) is 0 Å². The minimum atomic E-state index is -3.50. The number of hydrogen-bond acceptors (Lipinski definition) is 4. The number of para-hydroxylation sites is 1. The molecule has 4 nitrogen and oxygen atoms in total. The molecule has 14 heavy (non-hydrogen) atoms. The zero-order valence-electron chi connectivity index (χ0n) is 7.26. The van der Waals surface area contributed by atoms with E-state index in [0.29, 0.717) is 0 Å². The maximum Gasteiger partial charge on any atom is 0.189 e. The molecule has 0 radical (unpaired) electrons. The molecule has 0 saturated heterocycles. The van der Waals surface area contributed by atoms with Crippen LogP contribution in [0.1, 0.15) is 0 Å². The second-order valence-electron chi connectivity index (χ2n) is 3.03. The van der Waals surface area contributed by atoms with E-state index in [9.17, 15) is 13.2 Å². The summed E-state index contributed by atoms with van der Waals surface area (Å²) in [6.07, 6.45) is 0. The molecule has 1 aromatic rings. The van der Waals surface area contributed by atoms with Crippen molar-refractivity contribution in [3.63, 3.8) is 0 Å². The first kappa shape index (κ1) is 9.21. The maximum absolute atomic E-state index is 11.6. The molecule has 0 amide bonds. The van der Waals surface area contributed by atoms with E-state index in [1.54, 1.807) is 18.2 Å². The highest BCUT2D eigenvalue weighted by molar-refractivity contribution is 7.92. The van der Waals surface area contributed by atoms with Gasteiger partial charge in [0, 0.05) is 0 Å². The van der Waals surface area contributed by atoms with E-state index in [2.05, 4.69) is 0 Å². The normalized spacial score (nSPS) is 19.3. The molecule has 1 aromatic carbocycles. The van der Waals surface area contributed by atoms with Gasteiger partial charge in [0.1, 0.15) is 23.0 Å². The number of ether oxygens (including phenoxy) is 1. The zero-order valence-corrected chi connectivity index (χ0v) is 8.08. The van der Waals surface area contributed by atoms with E-state index < -0.39 is 21.4 Å². The van der Waals surface area contributed by atoms with Crippen LogP contribution in [-0.2, 0) is 14.6 Å². The summed E-state index contributed by atoms with van der Waals surface area (Å²) < 4.78 is 28.3. The van der Waals surface area contributed by atoms with Gasteiger partial charge in [0.2, 0.25) is 0 Å². The molecular weight excluding hydrogens is 204 g/mol. The maximum atomic E-state index is 11.6. The summed E-state index contributed by atoms with van der Waals surface area (Å²) in [6.45, 7) is -0.170. The SMILES string of the molecule is O=C1COc2ccccc2S(=O)(=O)C1. The van der Waals surface area contributed by atoms with Gasteiger partial charge in [-0.3, -0.25) is 4.79 Å². The molecule has 0 unspecified atom stereocenters. The standard InChI is InChI=1S/C9H8O4S/c10-7-5-13-8-3-1-2-4-9(8)14(11,12)6-7/h1-4H,5-6H2. The molecule has 0 fully saturated rings. The van der Waals surface area contributed by atoms with Gasteiger partial charge in [-0.25, -0.2) is 8.42 Å². The Kier molecular flexibility index (Phi) is 2.03. The van der Waals surface area contributed by atoms with Crippen molar-refractivity contribution >= 4 is 15.6 Å². The summed E-state index contributed by atoms with van der Waals surface area (Å²) >= 11 is 0. The monoisotopic (exact) mass is 212 g/mol. The van der Waals surface area contributed by atoms with Crippen molar-refractivity contribution < 1.29 is 17.9 Å². The van der Waals surface area contributed by atoms with Crippen LogP contribution < -0.4 is 4.74 Å². The molecule has 0 N–H and O–H groups in total. The summed E-state index contributed by atoms with van der Waals surface area (Å²) in [6, 6.07) is 6.27. The fourth-order valence-corrected chi connectivity index (χ4v) is 2.70. The van der Waals surface area contributed by atoms with Crippen LogP contribution in [-0.4, -0.2) is 26.6 Å². The Bertz CT molecular complexity index is 475. The molecule has 0 atom stereocenters. The van der Waals surface area contributed by atoms with Crippen molar-refractivity contribution in [3.8, 4) is 5.75 Å². The van der Waals surface area contributed by atoms with Gasteiger partial charge in [-0.1, -0.05) is 12.1 Å². The smallest absolute Gasteiger partial charge is 0.189 e. The fraction of sp³-hybridized carbons (Fsp3) is 0.222. The van der Waals surface area contributed by atoms with Crippen molar-refractivity contribution in [1.29, 1.82) is 0 Å². The summed E-state index contributed by atoms with van der Waals surface area (Å²) in [5.74, 6) is -0.621. The second kappa shape index (κ2) is 3.09. The number of carbonyl (C=O) groups is 1. The summed E-state index contributed by atoms with van der Waals surface area (Å²) in [4.78, 5) is 11.2. The lowest BCUT2D eigenvalue weighted by Crippen LogP contribution is -2.17. The van der Waals surface area contributed by atoms with Crippen LogP contribution in [0.5, 0.6) is 5.75 Å². The highest BCUT2D eigenvalue weighted by atomic mass is 32.2. The minimum absolute atomic E-state index is 0.103. The summed E-state index contributed by atoms with van der Waals surface area (Å²) in [5, 5.41) is 0. The van der Waals surface area contributed by atoms with Gasteiger partial charge in [-0.15, -0.1) is 0 Å². The van der Waals surface area contributed by atoms with Gasteiger partial charge < -0.3 is 4.74 Å². The molecule has 0 bridgehead atoms. The predicted molar refractivity (Wildman–Crippen MR) is 49.0 cm³/mol. The largest absolute Gasteiger partial charge is 0.484 e. The fourth-order valence-electron chi connectivity index (χ4n) is 1.32. The lowest BCUT2D eigenvalue weighted by Gasteiger charge is -2.03. The molecule has 0 aromatic heterocycles. The highest BCUT2D eigenvalue weighted by Gasteiger charge is 2.26. The molecule has 5 heteroatoms. The van der Waals surface area contributed by atoms with E-state index in [1.165, 1.54) is 6.07 Å². The summed E-state index contributed by atoms with van der Waals surface area (Å²) in [5.41, 5.74) is 0. The molecule has 1 aliphatic heterocycles. The Morgan fingerprint density at radius 3 is 2.71 bits per heavy atom. The molecule has 0 saturated carbocycles. The van der Waals surface area contributed by atoms with E-state index >= 15 is 0 Å². The number of rotatable bonds is 0. The Labute approximate surface area is 81.4 Å². The molecule has 1 aliphatic rings. The van der Waals surface area contributed by atoms with Crippen LogP contribution in [0.4, 0.5) is 0 Å². The molecule has 2 rings (SSSR count). The van der Waals surface area contributed by atoms with Crippen LogP contribution in [0.25, 0.3) is 0 Å². The van der Waals surface area contributed by atoms with E-state index in [4.69, 9.17) is 4.74 Å². The van der Waals surface area contributed by atoms with Gasteiger partial charge in [0.05, 0.1) is 0 Å². The first-order valence-corrected chi connectivity index (χ1v) is 5.71. The van der Waals surface area contributed by atoms with Crippen molar-refractivity contribution in [3.05, 3.63) is 24.3 Å². The van der Waals surface area contributed by atoms with Gasteiger partial charge in [0.25, 0.3) is 0 Å². The van der Waals surface area contributed by atoms with Gasteiger partial charge in [-0.2, -0.15) is 0 Å². The number of hydrogen-bond donors (Lipinski definition) is 0. The Morgan fingerprint density at radius 1 is 1.21 bits per heavy atom. The number of sulfone groups is 1. The molecule has 74 valence electrons. The lowest BCUT2D eigenvalue weighted by atomic mass is 10.3. The van der Waals surface area contributed by atoms with Crippen LogP contribution in [0.15, 0.2) is 29.2 Å². The Morgan fingerprint density at radius 2 is 1.93 bits per heavy atom. The Balaban J connectivity index is 2.62. The third-order valence-electron chi connectivity index (χ3n) is 1.92. The number of Topliss-reactive ketones (excluding diaryl/α,β-unsaturated/α-hetero) is 1. The summed E-state index contributed by atoms with van der Waals surface area (Å²) in [7, 11) is -3.50. The zero-order chi connectivity index (χ0) is 10.2. The molecular formula is C9H8O4S.